The number of thiazole rings is 1. The first-order valence-electron chi connectivity index (χ1n) is 6.33. The zero-order valence-corrected chi connectivity index (χ0v) is 12.8. The summed E-state index contributed by atoms with van der Waals surface area (Å²) in [5, 5.41) is 7.00. The maximum absolute atomic E-state index is 13.4. The van der Waals surface area contributed by atoms with Gasteiger partial charge in [-0.05, 0) is 24.6 Å². The zero-order valence-electron chi connectivity index (χ0n) is 12.0. The van der Waals surface area contributed by atoms with E-state index >= 15 is 0 Å². The van der Waals surface area contributed by atoms with Crippen molar-refractivity contribution in [3.05, 3.63) is 40.7 Å². The largest absolute Gasteiger partial charge is 0.453 e. The fourth-order valence-corrected chi connectivity index (χ4v) is 2.32. The molecule has 0 radical (unpaired) electrons. The van der Waals surface area contributed by atoms with Gasteiger partial charge in [0.25, 0.3) is 0 Å². The Balaban J connectivity index is 1.94. The second-order valence-corrected chi connectivity index (χ2v) is 5.31. The van der Waals surface area contributed by atoms with E-state index in [-0.39, 0.29) is 18.1 Å². The lowest BCUT2D eigenvalue weighted by atomic mass is 10.2. The van der Waals surface area contributed by atoms with Crippen molar-refractivity contribution in [3.8, 4) is 0 Å². The number of benzene rings is 1. The van der Waals surface area contributed by atoms with E-state index in [0.29, 0.717) is 22.1 Å². The predicted octanol–water partition coefficient (Wildman–Crippen LogP) is 2.95. The normalized spacial score (nSPS) is 10.1. The highest BCUT2D eigenvalue weighted by Gasteiger charge is 2.10. The SMILES string of the molecule is COC(=O)Nc1nc(CC(=O)Nc2ccc(C)c(F)c2)cs1. The third kappa shape index (κ3) is 4.26. The Hall–Kier alpha value is -2.48. The molecule has 0 bridgehead atoms. The standard InChI is InChI=1S/C14H14FN3O3S/c1-8-3-4-9(5-11(8)15)16-12(19)6-10-7-22-13(17-10)18-14(20)21-2/h3-5,7H,6H2,1-2H3,(H,16,19)(H,17,18,20). The molecule has 0 saturated heterocycles. The molecule has 0 aliphatic rings. The fourth-order valence-electron chi connectivity index (χ4n) is 1.62. The van der Waals surface area contributed by atoms with Gasteiger partial charge in [0.05, 0.1) is 19.2 Å². The molecule has 2 amide bonds. The molecule has 0 spiro atoms. The zero-order chi connectivity index (χ0) is 16.1. The van der Waals surface area contributed by atoms with Crippen molar-refractivity contribution in [2.75, 3.05) is 17.7 Å². The molecule has 2 N–H and O–H groups in total. The number of methoxy groups -OCH3 is 1. The van der Waals surface area contributed by atoms with Gasteiger partial charge in [-0.3, -0.25) is 10.1 Å². The summed E-state index contributed by atoms with van der Waals surface area (Å²) in [5.74, 6) is -0.700. The Labute approximate surface area is 130 Å². The topological polar surface area (TPSA) is 80.3 Å². The van der Waals surface area contributed by atoms with Gasteiger partial charge in [-0.25, -0.2) is 14.2 Å². The minimum Gasteiger partial charge on any atom is -0.453 e. The van der Waals surface area contributed by atoms with E-state index < -0.39 is 6.09 Å². The lowest BCUT2D eigenvalue weighted by Gasteiger charge is -2.05. The summed E-state index contributed by atoms with van der Waals surface area (Å²) in [6.07, 6.45) is -0.602. The molecule has 8 heteroatoms. The summed E-state index contributed by atoms with van der Waals surface area (Å²) in [7, 11) is 1.25. The quantitative estimate of drug-likeness (QED) is 0.906. The Morgan fingerprint density at radius 1 is 1.36 bits per heavy atom. The Morgan fingerprint density at radius 2 is 2.14 bits per heavy atom. The van der Waals surface area contributed by atoms with Crippen LogP contribution in [0.5, 0.6) is 0 Å². The number of nitrogens with zero attached hydrogens (tertiary/aromatic N) is 1. The maximum atomic E-state index is 13.4. The van der Waals surface area contributed by atoms with Crippen molar-refractivity contribution in [2.24, 2.45) is 0 Å². The van der Waals surface area contributed by atoms with Crippen LogP contribution >= 0.6 is 11.3 Å². The van der Waals surface area contributed by atoms with Crippen LogP contribution in [0.25, 0.3) is 0 Å². The van der Waals surface area contributed by atoms with Crippen molar-refractivity contribution < 1.29 is 18.7 Å². The molecule has 0 unspecified atom stereocenters. The van der Waals surface area contributed by atoms with Crippen LogP contribution in [0.1, 0.15) is 11.3 Å². The van der Waals surface area contributed by atoms with E-state index in [1.807, 2.05) is 0 Å². The number of nitrogens with one attached hydrogen (secondary N) is 2. The number of ether oxygens (including phenoxy) is 1. The van der Waals surface area contributed by atoms with Gasteiger partial charge in [-0.1, -0.05) is 6.07 Å². The molecule has 0 aliphatic heterocycles. The fraction of sp³-hybridized carbons (Fsp3) is 0.214. The number of hydrogen-bond donors (Lipinski definition) is 2. The van der Waals surface area contributed by atoms with Crippen molar-refractivity contribution in [1.82, 2.24) is 4.98 Å². The highest BCUT2D eigenvalue weighted by Crippen LogP contribution is 2.17. The number of carbonyl (C=O) groups is 2. The van der Waals surface area contributed by atoms with Gasteiger partial charge in [0.1, 0.15) is 5.82 Å². The van der Waals surface area contributed by atoms with Crippen LogP contribution in [-0.2, 0) is 16.0 Å². The van der Waals surface area contributed by atoms with E-state index in [9.17, 15) is 14.0 Å². The third-order valence-electron chi connectivity index (χ3n) is 2.74. The third-order valence-corrected chi connectivity index (χ3v) is 3.55. The molecule has 0 atom stereocenters. The molecule has 0 fully saturated rings. The molecule has 22 heavy (non-hydrogen) atoms. The van der Waals surface area contributed by atoms with Crippen LogP contribution in [0.3, 0.4) is 0 Å². The number of amides is 2. The van der Waals surface area contributed by atoms with E-state index in [0.717, 1.165) is 0 Å². The summed E-state index contributed by atoms with van der Waals surface area (Å²) in [5.41, 5.74) is 1.40. The monoisotopic (exact) mass is 323 g/mol. The van der Waals surface area contributed by atoms with Crippen LogP contribution < -0.4 is 10.6 Å². The number of hydrogen-bond acceptors (Lipinski definition) is 5. The number of anilines is 2. The van der Waals surface area contributed by atoms with Crippen molar-refractivity contribution >= 4 is 34.2 Å². The lowest BCUT2D eigenvalue weighted by molar-refractivity contribution is -0.115. The molecule has 0 aliphatic carbocycles. The summed E-state index contributed by atoms with van der Waals surface area (Å²) in [4.78, 5) is 27.0. The van der Waals surface area contributed by atoms with E-state index in [1.165, 1.54) is 24.5 Å². The average Bonchev–Trinajstić information content (AvgIpc) is 2.89. The number of halogens is 1. The molecule has 1 aromatic carbocycles. The number of aryl methyl sites for hydroxylation is 1. The number of rotatable bonds is 4. The molecule has 6 nitrogen and oxygen atoms in total. The number of aromatic nitrogens is 1. The Morgan fingerprint density at radius 3 is 2.82 bits per heavy atom. The van der Waals surface area contributed by atoms with Gasteiger partial charge in [-0.15, -0.1) is 11.3 Å². The Kier molecular flexibility index (Phi) is 5.05. The molecule has 116 valence electrons. The van der Waals surface area contributed by atoms with Crippen LogP contribution in [0.4, 0.5) is 20.0 Å². The van der Waals surface area contributed by atoms with Crippen molar-refractivity contribution in [3.63, 3.8) is 0 Å². The number of carbonyl (C=O) groups excluding carboxylic acids is 2. The first-order valence-corrected chi connectivity index (χ1v) is 7.21. The van der Waals surface area contributed by atoms with Crippen LogP contribution in [0, 0.1) is 12.7 Å². The van der Waals surface area contributed by atoms with Gasteiger partial charge in [0, 0.05) is 11.1 Å². The second-order valence-electron chi connectivity index (χ2n) is 4.45. The molecule has 1 heterocycles. The Bertz CT molecular complexity index is 702. The molecule has 2 rings (SSSR count). The smallest absolute Gasteiger partial charge is 0.413 e. The van der Waals surface area contributed by atoms with Crippen molar-refractivity contribution in [2.45, 2.75) is 13.3 Å². The lowest BCUT2D eigenvalue weighted by Crippen LogP contribution is -2.15. The molecule has 2 aromatic rings. The second kappa shape index (κ2) is 6.99. The van der Waals surface area contributed by atoms with E-state index in [1.54, 1.807) is 24.4 Å². The van der Waals surface area contributed by atoms with Crippen LogP contribution in [-0.4, -0.2) is 24.1 Å². The first-order chi connectivity index (χ1) is 10.5. The van der Waals surface area contributed by atoms with Gasteiger partial charge in [0.15, 0.2) is 5.13 Å². The molecular weight excluding hydrogens is 309 g/mol. The highest BCUT2D eigenvalue weighted by molar-refractivity contribution is 7.13. The summed E-state index contributed by atoms with van der Waals surface area (Å²) >= 11 is 1.18. The van der Waals surface area contributed by atoms with Gasteiger partial charge in [0.2, 0.25) is 5.91 Å². The van der Waals surface area contributed by atoms with Gasteiger partial charge >= 0.3 is 6.09 Å². The molecule has 0 saturated carbocycles. The summed E-state index contributed by atoms with van der Waals surface area (Å²) in [6, 6.07) is 4.48. The summed E-state index contributed by atoms with van der Waals surface area (Å²) < 4.78 is 17.8. The van der Waals surface area contributed by atoms with Gasteiger partial charge in [-0.2, -0.15) is 0 Å². The highest BCUT2D eigenvalue weighted by atomic mass is 32.1. The minimum atomic E-state index is -0.625. The van der Waals surface area contributed by atoms with Gasteiger partial charge < -0.3 is 10.1 Å². The van der Waals surface area contributed by atoms with Crippen LogP contribution in [0.15, 0.2) is 23.6 Å². The average molecular weight is 323 g/mol. The summed E-state index contributed by atoms with van der Waals surface area (Å²) in [6.45, 7) is 1.64. The van der Waals surface area contributed by atoms with Crippen LogP contribution in [0.2, 0.25) is 0 Å². The van der Waals surface area contributed by atoms with E-state index in [4.69, 9.17) is 0 Å². The predicted molar refractivity (Wildman–Crippen MR) is 81.6 cm³/mol. The molecular formula is C14H14FN3O3S. The first kappa shape index (κ1) is 15.9. The van der Waals surface area contributed by atoms with E-state index in [2.05, 4.69) is 20.4 Å². The van der Waals surface area contributed by atoms with Crippen molar-refractivity contribution in [1.29, 1.82) is 0 Å². The maximum Gasteiger partial charge on any atom is 0.413 e. The molecule has 1 aromatic heterocycles. The minimum absolute atomic E-state index is 0.0227.